The monoisotopic (exact) mass is 456 g/mol. The number of benzene rings is 1. The van der Waals surface area contributed by atoms with Gasteiger partial charge in [-0.25, -0.2) is 0 Å². The van der Waals surface area contributed by atoms with Gasteiger partial charge in [0.05, 0.1) is 31.8 Å². The van der Waals surface area contributed by atoms with E-state index < -0.39 is 6.04 Å². The molecule has 1 aliphatic carbocycles. The number of hydrogen-bond acceptors (Lipinski definition) is 6. The number of ketones is 1. The van der Waals surface area contributed by atoms with E-state index in [9.17, 15) is 9.59 Å². The summed E-state index contributed by atoms with van der Waals surface area (Å²) in [7, 11) is 3.22. The largest absolute Gasteiger partial charge is 0.497 e. The fraction of sp³-hybridized carbons (Fsp3) is 0.615. The van der Waals surface area contributed by atoms with Crippen molar-refractivity contribution in [3.8, 4) is 11.5 Å². The fourth-order valence-corrected chi connectivity index (χ4v) is 5.52. The van der Waals surface area contributed by atoms with E-state index in [2.05, 4.69) is 25.7 Å². The highest BCUT2D eigenvalue weighted by Gasteiger charge is 2.53. The molecular formula is C26H36N2O5. The highest BCUT2D eigenvalue weighted by molar-refractivity contribution is 6.11. The van der Waals surface area contributed by atoms with Crippen LogP contribution in [0.1, 0.15) is 51.6 Å². The Hall–Kier alpha value is -2.54. The van der Waals surface area contributed by atoms with Crippen molar-refractivity contribution in [2.45, 2.75) is 52.2 Å². The highest BCUT2D eigenvalue weighted by atomic mass is 16.5. The lowest BCUT2D eigenvalue weighted by atomic mass is 9.74. The van der Waals surface area contributed by atoms with Gasteiger partial charge in [-0.1, -0.05) is 20.8 Å². The Kier molecular flexibility index (Phi) is 6.98. The zero-order chi connectivity index (χ0) is 23.7. The highest BCUT2D eigenvalue weighted by Crippen LogP contribution is 2.49. The third kappa shape index (κ3) is 4.23. The first-order chi connectivity index (χ1) is 15.9. The molecule has 180 valence electrons. The zero-order valence-corrected chi connectivity index (χ0v) is 20.4. The van der Waals surface area contributed by atoms with E-state index in [4.69, 9.17) is 14.2 Å². The molecule has 33 heavy (non-hydrogen) atoms. The number of likely N-dealkylation sites (N-methyl/N-ethyl adjacent to an activating group) is 1. The van der Waals surface area contributed by atoms with Gasteiger partial charge in [0, 0.05) is 18.7 Å². The average Bonchev–Trinajstić information content (AvgIpc) is 3.11. The van der Waals surface area contributed by atoms with Crippen LogP contribution in [-0.2, 0) is 14.3 Å². The second-order valence-electron chi connectivity index (χ2n) is 9.32. The molecular weight excluding hydrogens is 420 g/mol. The van der Waals surface area contributed by atoms with Gasteiger partial charge in [-0.2, -0.15) is 0 Å². The lowest BCUT2D eigenvalue weighted by Crippen LogP contribution is -2.41. The molecule has 0 saturated heterocycles. The Bertz CT molecular complexity index is 939. The molecule has 0 N–H and O–H groups in total. The molecule has 4 atom stereocenters. The third-order valence-corrected chi connectivity index (χ3v) is 7.49. The molecule has 0 spiro atoms. The number of hydrogen-bond donors (Lipinski definition) is 0. The molecule has 0 bridgehead atoms. The lowest BCUT2D eigenvalue weighted by Gasteiger charge is -2.37. The van der Waals surface area contributed by atoms with Gasteiger partial charge in [0.25, 0.3) is 5.91 Å². The number of methoxy groups -OCH3 is 2. The Morgan fingerprint density at radius 2 is 1.88 bits per heavy atom. The van der Waals surface area contributed by atoms with Gasteiger partial charge in [-0.15, -0.1) is 0 Å². The van der Waals surface area contributed by atoms with E-state index in [1.165, 1.54) is 0 Å². The summed E-state index contributed by atoms with van der Waals surface area (Å²) in [6, 6.07) is 4.99. The van der Waals surface area contributed by atoms with Gasteiger partial charge in [-0.05, 0) is 56.5 Å². The van der Waals surface area contributed by atoms with E-state index in [-0.39, 0.29) is 29.5 Å². The Labute approximate surface area is 196 Å². The van der Waals surface area contributed by atoms with Crippen LogP contribution in [0, 0.1) is 11.8 Å². The van der Waals surface area contributed by atoms with Gasteiger partial charge >= 0.3 is 0 Å². The molecule has 1 amide bonds. The summed E-state index contributed by atoms with van der Waals surface area (Å²) in [5.74, 6) is 1.67. The summed E-state index contributed by atoms with van der Waals surface area (Å²) in [6.07, 6.45) is 2.43. The first-order valence-electron chi connectivity index (χ1n) is 12.1. The lowest BCUT2D eigenvalue weighted by molar-refractivity contribution is -0.136. The van der Waals surface area contributed by atoms with Crippen molar-refractivity contribution in [1.82, 2.24) is 9.80 Å². The molecule has 0 aromatic heterocycles. The van der Waals surface area contributed by atoms with Crippen LogP contribution in [0.25, 0.3) is 0 Å². The molecule has 1 saturated carbocycles. The van der Waals surface area contributed by atoms with Crippen LogP contribution < -0.4 is 9.47 Å². The second kappa shape index (κ2) is 9.75. The number of rotatable bonds is 8. The SMILES string of the molecule is CCN(CC)CCN1C(=O)C2=C(C(=O)C3CC(C)CCC3O2)C1c1cc(OC)ccc1OC. The fourth-order valence-electron chi connectivity index (χ4n) is 5.52. The van der Waals surface area contributed by atoms with Crippen LogP contribution in [0.3, 0.4) is 0 Å². The summed E-state index contributed by atoms with van der Waals surface area (Å²) in [4.78, 5) is 31.6. The predicted octanol–water partition coefficient (Wildman–Crippen LogP) is 3.59. The standard InChI is InChI=1S/C26H36N2O5/c1-6-27(7-2)12-13-28-23(18-15-17(31-4)9-11-20(18)32-5)22-24(29)19-14-16(3)8-10-21(19)33-25(22)26(28)30/h9,11,15-16,19,21,23H,6-8,10,12-14H2,1-5H3. The van der Waals surface area contributed by atoms with Gasteiger partial charge in [0.15, 0.2) is 11.5 Å². The second-order valence-corrected chi connectivity index (χ2v) is 9.32. The molecule has 7 heteroatoms. The van der Waals surface area contributed by atoms with Crippen molar-refractivity contribution in [2.24, 2.45) is 11.8 Å². The van der Waals surface area contributed by atoms with Crippen LogP contribution in [0.5, 0.6) is 11.5 Å². The molecule has 1 aromatic rings. The number of ether oxygens (including phenoxy) is 3. The van der Waals surface area contributed by atoms with E-state index in [0.717, 1.165) is 44.5 Å². The maximum Gasteiger partial charge on any atom is 0.290 e. The topological polar surface area (TPSA) is 68.3 Å². The van der Waals surface area contributed by atoms with Crippen molar-refractivity contribution >= 4 is 11.7 Å². The summed E-state index contributed by atoms with van der Waals surface area (Å²) in [6.45, 7) is 9.43. The summed E-state index contributed by atoms with van der Waals surface area (Å²) in [5, 5.41) is 0. The van der Waals surface area contributed by atoms with Crippen LogP contribution in [0.4, 0.5) is 0 Å². The van der Waals surface area contributed by atoms with Gasteiger partial charge in [-0.3, -0.25) is 9.59 Å². The van der Waals surface area contributed by atoms with Gasteiger partial charge < -0.3 is 24.0 Å². The van der Waals surface area contributed by atoms with Crippen molar-refractivity contribution in [3.63, 3.8) is 0 Å². The summed E-state index contributed by atoms with van der Waals surface area (Å²) in [5.41, 5.74) is 1.25. The third-order valence-electron chi connectivity index (χ3n) is 7.49. The number of nitrogens with zero attached hydrogens (tertiary/aromatic N) is 2. The molecule has 3 aliphatic rings. The molecule has 1 fully saturated rings. The Balaban J connectivity index is 1.79. The maximum atomic E-state index is 13.9. The van der Waals surface area contributed by atoms with Crippen molar-refractivity contribution < 1.29 is 23.8 Å². The normalized spacial score (nSPS) is 26.9. The van der Waals surface area contributed by atoms with Crippen LogP contribution in [0.2, 0.25) is 0 Å². The maximum absolute atomic E-state index is 13.9. The Morgan fingerprint density at radius 3 is 2.55 bits per heavy atom. The van der Waals surface area contributed by atoms with Crippen molar-refractivity contribution in [2.75, 3.05) is 40.4 Å². The van der Waals surface area contributed by atoms with Crippen molar-refractivity contribution in [3.05, 3.63) is 35.1 Å². The number of carbonyl (C=O) groups is 2. The summed E-state index contributed by atoms with van der Waals surface area (Å²) < 4.78 is 17.4. The first-order valence-corrected chi connectivity index (χ1v) is 12.1. The average molecular weight is 457 g/mol. The van der Waals surface area contributed by atoms with Crippen molar-refractivity contribution in [1.29, 1.82) is 0 Å². The van der Waals surface area contributed by atoms with Crippen LogP contribution in [0.15, 0.2) is 29.5 Å². The van der Waals surface area contributed by atoms with E-state index in [1.807, 2.05) is 18.2 Å². The van der Waals surface area contributed by atoms with Crippen LogP contribution in [-0.4, -0.2) is 68.0 Å². The molecule has 1 aromatic carbocycles. The number of amides is 1. The Morgan fingerprint density at radius 1 is 1.12 bits per heavy atom. The van der Waals surface area contributed by atoms with E-state index >= 15 is 0 Å². The minimum Gasteiger partial charge on any atom is -0.497 e. The smallest absolute Gasteiger partial charge is 0.290 e. The first kappa shape index (κ1) is 23.6. The predicted molar refractivity (Wildman–Crippen MR) is 125 cm³/mol. The van der Waals surface area contributed by atoms with Gasteiger partial charge in [0.2, 0.25) is 0 Å². The minimum atomic E-state index is -0.543. The molecule has 4 unspecified atom stereocenters. The number of Topliss-reactive ketones (excluding diaryl/α,β-unsaturated/α-hetero) is 1. The molecule has 2 heterocycles. The van der Waals surface area contributed by atoms with Crippen LogP contribution >= 0.6 is 0 Å². The molecule has 4 rings (SSSR count). The number of fused-ring (bicyclic) bond motifs is 1. The van der Waals surface area contributed by atoms with E-state index in [0.29, 0.717) is 29.5 Å². The molecule has 0 radical (unpaired) electrons. The van der Waals surface area contributed by atoms with E-state index in [1.54, 1.807) is 19.1 Å². The number of carbonyl (C=O) groups excluding carboxylic acids is 2. The zero-order valence-electron chi connectivity index (χ0n) is 20.4. The molecule has 2 aliphatic heterocycles. The minimum absolute atomic E-state index is 0.0568. The summed E-state index contributed by atoms with van der Waals surface area (Å²) >= 11 is 0. The molecule has 7 nitrogen and oxygen atoms in total. The van der Waals surface area contributed by atoms with Gasteiger partial charge in [0.1, 0.15) is 17.6 Å². The quantitative estimate of drug-likeness (QED) is 0.596.